The van der Waals surface area contributed by atoms with Crippen molar-refractivity contribution in [2.45, 2.75) is 0 Å². The van der Waals surface area contributed by atoms with Gasteiger partial charge in [-0.2, -0.15) is 11.3 Å². The molecule has 2 aromatic rings. The second-order valence-corrected chi connectivity index (χ2v) is 4.90. The summed E-state index contributed by atoms with van der Waals surface area (Å²) >= 11 is 8.56. The lowest BCUT2D eigenvalue weighted by molar-refractivity contribution is 0.0606. The molecule has 0 aliphatic carbocycles. The lowest BCUT2D eigenvalue weighted by Crippen LogP contribution is -1.98. The second-order valence-electron chi connectivity index (χ2n) is 2.77. The van der Waals surface area contributed by atoms with Crippen molar-refractivity contribution in [3.05, 3.63) is 26.9 Å². The molecule has 7 heteroatoms. The van der Waals surface area contributed by atoms with Gasteiger partial charge in [-0.25, -0.2) is 9.78 Å². The predicted molar refractivity (Wildman–Crippen MR) is 66.1 cm³/mol. The van der Waals surface area contributed by atoms with E-state index in [1.807, 2.05) is 16.8 Å². The molecular formula is C9H7ClN2O2S2. The molecule has 0 radical (unpaired) electrons. The molecule has 84 valence electrons. The van der Waals surface area contributed by atoms with E-state index < -0.39 is 5.97 Å². The third kappa shape index (κ3) is 2.34. The van der Waals surface area contributed by atoms with Gasteiger partial charge in [-0.05, 0) is 11.4 Å². The summed E-state index contributed by atoms with van der Waals surface area (Å²) in [5, 5.41) is 7.67. The number of nitrogens with one attached hydrogen (secondary N) is 1. The molecule has 0 unspecified atom stereocenters. The number of hydrogen-bond acceptors (Lipinski definition) is 6. The number of thiophene rings is 1. The second kappa shape index (κ2) is 4.82. The number of methoxy groups -OCH3 is 1. The third-order valence-corrected chi connectivity index (χ3v) is 3.75. The van der Waals surface area contributed by atoms with Crippen LogP contribution < -0.4 is 5.32 Å². The van der Waals surface area contributed by atoms with Gasteiger partial charge in [-0.3, -0.25) is 0 Å². The lowest BCUT2D eigenvalue weighted by Gasteiger charge is -1.95. The van der Waals surface area contributed by atoms with Gasteiger partial charge in [0.2, 0.25) is 0 Å². The number of nitrogens with zero attached hydrogens (tertiary/aromatic N) is 1. The number of halogens is 1. The van der Waals surface area contributed by atoms with E-state index in [-0.39, 0.29) is 5.15 Å². The molecule has 0 saturated carbocycles. The number of carbonyl (C=O) groups is 1. The molecule has 0 bridgehead atoms. The highest BCUT2D eigenvalue weighted by molar-refractivity contribution is 7.18. The normalized spacial score (nSPS) is 10.1. The summed E-state index contributed by atoms with van der Waals surface area (Å²) in [6.45, 7) is 0. The van der Waals surface area contributed by atoms with Crippen molar-refractivity contribution in [3.63, 3.8) is 0 Å². The molecule has 2 aromatic heterocycles. The van der Waals surface area contributed by atoms with Crippen molar-refractivity contribution in [1.82, 2.24) is 4.98 Å². The maximum atomic E-state index is 11.3. The Hall–Kier alpha value is -1.11. The van der Waals surface area contributed by atoms with Crippen LogP contribution in [-0.2, 0) is 4.74 Å². The Labute approximate surface area is 105 Å². The molecule has 0 amide bonds. The van der Waals surface area contributed by atoms with Crippen LogP contribution in [0.2, 0.25) is 5.15 Å². The summed E-state index contributed by atoms with van der Waals surface area (Å²) in [6, 6.07) is 1.91. The van der Waals surface area contributed by atoms with Gasteiger partial charge in [0.05, 0.1) is 12.8 Å². The molecule has 2 heterocycles. The third-order valence-electron chi connectivity index (χ3n) is 1.73. The standard InChI is InChI=1S/C9H7ClN2O2S2/c1-14-8(13)6-7(10)12-9(16-6)11-5-2-3-15-4-5/h2-4H,1H3,(H,11,12). The highest BCUT2D eigenvalue weighted by atomic mass is 35.5. The summed E-state index contributed by atoms with van der Waals surface area (Å²) in [7, 11) is 1.31. The number of thiazole rings is 1. The lowest BCUT2D eigenvalue weighted by atomic mass is 10.5. The summed E-state index contributed by atoms with van der Waals surface area (Å²) in [6.07, 6.45) is 0. The van der Waals surface area contributed by atoms with Gasteiger partial charge < -0.3 is 10.1 Å². The fourth-order valence-electron chi connectivity index (χ4n) is 1.03. The van der Waals surface area contributed by atoms with Crippen LogP contribution in [0.25, 0.3) is 0 Å². The summed E-state index contributed by atoms with van der Waals surface area (Å²) in [5.41, 5.74) is 0.923. The van der Waals surface area contributed by atoms with Crippen LogP contribution in [0.4, 0.5) is 10.8 Å². The quantitative estimate of drug-likeness (QED) is 0.872. The van der Waals surface area contributed by atoms with E-state index in [9.17, 15) is 4.79 Å². The monoisotopic (exact) mass is 274 g/mol. The van der Waals surface area contributed by atoms with Gasteiger partial charge >= 0.3 is 5.97 Å². The van der Waals surface area contributed by atoms with Gasteiger partial charge in [0.25, 0.3) is 0 Å². The molecule has 0 aromatic carbocycles. The minimum absolute atomic E-state index is 0.162. The first kappa shape index (κ1) is 11.4. The zero-order valence-corrected chi connectivity index (χ0v) is 10.6. The summed E-state index contributed by atoms with van der Waals surface area (Å²) in [5.74, 6) is -0.471. The number of rotatable bonds is 3. The smallest absolute Gasteiger partial charge is 0.351 e. The number of hydrogen-bond donors (Lipinski definition) is 1. The summed E-state index contributed by atoms with van der Waals surface area (Å²) < 4.78 is 4.59. The maximum Gasteiger partial charge on any atom is 0.351 e. The molecular weight excluding hydrogens is 268 g/mol. The van der Waals surface area contributed by atoms with Gasteiger partial charge in [0.1, 0.15) is 0 Å². The van der Waals surface area contributed by atoms with Crippen molar-refractivity contribution in [3.8, 4) is 0 Å². The van der Waals surface area contributed by atoms with Crippen LogP contribution in [-0.4, -0.2) is 18.1 Å². The Morgan fingerprint density at radius 3 is 3.06 bits per heavy atom. The van der Waals surface area contributed by atoms with Gasteiger partial charge in [-0.1, -0.05) is 22.9 Å². The zero-order chi connectivity index (χ0) is 11.5. The van der Waals surface area contributed by atoms with Gasteiger partial charge in [0.15, 0.2) is 15.2 Å². The molecule has 1 N–H and O–H groups in total. The predicted octanol–water partition coefficient (Wildman–Crippen LogP) is 3.39. The van der Waals surface area contributed by atoms with E-state index in [4.69, 9.17) is 11.6 Å². The molecule has 0 fully saturated rings. The van der Waals surface area contributed by atoms with Gasteiger partial charge in [-0.15, -0.1) is 0 Å². The van der Waals surface area contributed by atoms with Crippen LogP contribution in [0.15, 0.2) is 16.8 Å². The number of esters is 1. The fraction of sp³-hybridized carbons (Fsp3) is 0.111. The topological polar surface area (TPSA) is 51.2 Å². The molecule has 0 saturated heterocycles. The van der Waals surface area contributed by atoms with Gasteiger partial charge in [0, 0.05) is 5.38 Å². The van der Waals surface area contributed by atoms with Crippen molar-refractivity contribution in [2.24, 2.45) is 0 Å². The Balaban J connectivity index is 2.21. The Morgan fingerprint density at radius 2 is 2.44 bits per heavy atom. The first-order chi connectivity index (χ1) is 7.70. The van der Waals surface area contributed by atoms with Crippen LogP contribution in [0.1, 0.15) is 9.67 Å². The Morgan fingerprint density at radius 1 is 1.62 bits per heavy atom. The zero-order valence-electron chi connectivity index (χ0n) is 8.19. The SMILES string of the molecule is COC(=O)c1sc(Nc2ccsc2)nc1Cl. The van der Waals surface area contributed by atoms with E-state index in [1.54, 1.807) is 11.3 Å². The van der Waals surface area contributed by atoms with E-state index in [0.717, 1.165) is 5.69 Å². The Kier molecular flexibility index (Phi) is 3.42. The molecule has 0 aliphatic heterocycles. The largest absolute Gasteiger partial charge is 0.465 e. The van der Waals surface area contributed by atoms with Crippen LogP contribution in [0.3, 0.4) is 0 Å². The fourth-order valence-corrected chi connectivity index (χ4v) is 2.74. The average Bonchev–Trinajstić information content (AvgIpc) is 2.88. The first-order valence-electron chi connectivity index (χ1n) is 4.24. The van der Waals surface area contributed by atoms with Crippen LogP contribution in [0.5, 0.6) is 0 Å². The minimum atomic E-state index is -0.471. The van der Waals surface area contributed by atoms with Crippen molar-refractivity contribution >= 4 is 51.1 Å². The van der Waals surface area contributed by atoms with Crippen LogP contribution in [0, 0.1) is 0 Å². The number of ether oxygens (including phenoxy) is 1. The average molecular weight is 275 g/mol. The van der Waals surface area contributed by atoms with E-state index in [0.29, 0.717) is 10.0 Å². The minimum Gasteiger partial charge on any atom is -0.465 e. The number of aromatic nitrogens is 1. The number of carbonyl (C=O) groups excluding carboxylic acids is 1. The van der Waals surface area contributed by atoms with E-state index >= 15 is 0 Å². The van der Waals surface area contributed by atoms with Crippen molar-refractivity contribution in [1.29, 1.82) is 0 Å². The number of anilines is 2. The molecule has 0 atom stereocenters. The molecule has 16 heavy (non-hydrogen) atoms. The van der Waals surface area contributed by atoms with Crippen molar-refractivity contribution in [2.75, 3.05) is 12.4 Å². The summed E-state index contributed by atoms with van der Waals surface area (Å²) in [4.78, 5) is 15.6. The molecule has 0 aliphatic rings. The molecule has 2 rings (SSSR count). The van der Waals surface area contributed by atoms with Crippen LogP contribution >= 0.6 is 34.3 Å². The van der Waals surface area contributed by atoms with E-state index in [1.165, 1.54) is 18.4 Å². The molecule has 4 nitrogen and oxygen atoms in total. The van der Waals surface area contributed by atoms with Crippen molar-refractivity contribution < 1.29 is 9.53 Å². The highest BCUT2D eigenvalue weighted by Gasteiger charge is 2.17. The van der Waals surface area contributed by atoms with E-state index in [2.05, 4.69) is 15.0 Å². The highest BCUT2D eigenvalue weighted by Crippen LogP contribution is 2.30. The maximum absolute atomic E-state index is 11.3. The first-order valence-corrected chi connectivity index (χ1v) is 6.38. The molecule has 0 spiro atoms. The Bertz CT molecular complexity index is 496.